The molecule has 2 aromatic rings. The Labute approximate surface area is 152 Å². The molecule has 0 saturated carbocycles. The summed E-state index contributed by atoms with van der Waals surface area (Å²) >= 11 is 0. The highest BCUT2D eigenvalue weighted by Crippen LogP contribution is 2.37. The van der Waals surface area contributed by atoms with Gasteiger partial charge in [0.2, 0.25) is 5.92 Å². The summed E-state index contributed by atoms with van der Waals surface area (Å²) in [6.45, 7) is 1.82. The lowest BCUT2D eigenvalue weighted by molar-refractivity contribution is -0.137. The molecule has 1 saturated heterocycles. The number of aromatic amines is 1. The average molecular weight is 387 g/mol. The number of rotatable bonds is 2. The van der Waals surface area contributed by atoms with Crippen molar-refractivity contribution in [2.75, 3.05) is 18.0 Å². The van der Waals surface area contributed by atoms with E-state index in [1.807, 2.05) is 0 Å². The van der Waals surface area contributed by atoms with E-state index in [4.69, 9.17) is 0 Å². The van der Waals surface area contributed by atoms with Crippen molar-refractivity contribution in [2.24, 2.45) is 0 Å². The van der Waals surface area contributed by atoms with Crippen LogP contribution in [0.1, 0.15) is 30.5 Å². The number of H-pyrrole nitrogens is 1. The van der Waals surface area contributed by atoms with Crippen LogP contribution in [0.15, 0.2) is 29.2 Å². The monoisotopic (exact) mass is 387 g/mol. The quantitative estimate of drug-likeness (QED) is 0.778. The molecule has 0 aliphatic carbocycles. The first-order chi connectivity index (χ1) is 12.5. The van der Waals surface area contributed by atoms with Gasteiger partial charge in [0.25, 0.3) is 0 Å². The lowest BCUT2D eigenvalue weighted by Crippen LogP contribution is -2.27. The molecule has 0 unspecified atom stereocenters. The molecule has 3 rings (SSSR count). The fourth-order valence-electron chi connectivity index (χ4n) is 3.17. The predicted molar refractivity (Wildman–Crippen MR) is 91.0 cm³/mol. The van der Waals surface area contributed by atoms with Crippen molar-refractivity contribution in [2.45, 2.75) is 38.3 Å². The minimum Gasteiger partial charge on any atom is -0.358 e. The van der Waals surface area contributed by atoms with Crippen molar-refractivity contribution in [3.05, 3.63) is 45.9 Å². The third-order valence-corrected chi connectivity index (χ3v) is 4.48. The van der Waals surface area contributed by atoms with Gasteiger partial charge in [-0.2, -0.15) is 13.2 Å². The maximum atomic E-state index is 13.7. The van der Waals surface area contributed by atoms with Gasteiger partial charge in [-0.3, -0.25) is 4.79 Å². The van der Waals surface area contributed by atoms with Crippen molar-refractivity contribution in [3.63, 3.8) is 0 Å². The molecule has 3 heterocycles. The first-order valence-electron chi connectivity index (χ1n) is 8.46. The Hall–Kier alpha value is -2.45. The van der Waals surface area contributed by atoms with E-state index in [9.17, 15) is 26.7 Å². The van der Waals surface area contributed by atoms with Crippen molar-refractivity contribution in [3.8, 4) is 11.3 Å². The van der Waals surface area contributed by atoms with Crippen LogP contribution in [0.25, 0.3) is 11.3 Å². The molecule has 0 bridgehead atoms. The summed E-state index contributed by atoms with van der Waals surface area (Å²) < 4.78 is 66.8. The highest BCUT2D eigenvalue weighted by molar-refractivity contribution is 5.74. The molecule has 0 aromatic carbocycles. The van der Waals surface area contributed by atoms with Gasteiger partial charge in [-0.25, -0.2) is 13.8 Å². The number of hydrogen-bond acceptors (Lipinski definition) is 3. The number of halogens is 5. The molecule has 1 N–H and O–H groups in total. The van der Waals surface area contributed by atoms with Crippen molar-refractivity contribution < 1.29 is 22.0 Å². The van der Waals surface area contributed by atoms with E-state index in [2.05, 4.69) is 9.97 Å². The topological polar surface area (TPSA) is 49.0 Å². The Morgan fingerprint density at radius 3 is 2.56 bits per heavy atom. The Morgan fingerprint density at radius 2 is 1.89 bits per heavy atom. The minimum absolute atomic E-state index is 0.0333. The van der Waals surface area contributed by atoms with Crippen molar-refractivity contribution in [1.29, 1.82) is 0 Å². The second-order valence-corrected chi connectivity index (χ2v) is 6.70. The number of hydrogen-bond donors (Lipinski definition) is 1. The molecule has 0 amide bonds. The lowest BCUT2D eigenvalue weighted by atomic mass is 10.1. The zero-order chi connectivity index (χ0) is 19.8. The summed E-state index contributed by atoms with van der Waals surface area (Å²) in [7, 11) is 0. The predicted octanol–water partition coefficient (Wildman–Crippen LogP) is 4.39. The van der Waals surface area contributed by atoms with Crippen LogP contribution in [0.3, 0.4) is 0 Å². The number of aryl methyl sites for hydroxylation is 1. The normalized spacial score (nSPS) is 17.6. The summed E-state index contributed by atoms with van der Waals surface area (Å²) in [5.74, 6) is -2.65. The molecule has 1 aliphatic rings. The smallest absolute Gasteiger partial charge is 0.358 e. The molecule has 0 atom stereocenters. The maximum Gasteiger partial charge on any atom is 0.417 e. The van der Waals surface area contributed by atoms with Crippen LogP contribution in [0.2, 0.25) is 0 Å². The number of nitrogens with one attached hydrogen (secondary N) is 1. The molecule has 1 fully saturated rings. The lowest BCUT2D eigenvalue weighted by Gasteiger charge is -2.25. The molecular formula is C18H18F5N3O. The van der Waals surface area contributed by atoms with Crippen LogP contribution in [0.4, 0.5) is 27.8 Å². The van der Waals surface area contributed by atoms with E-state index in [-0.39, 0.29) is 48.4 Å². The molecule has 1 aliphatic heterocycles. The van der Waals surface area contributed by atoms with Gasteiger partial charge in [-0.15, -0.1) is 0 Å². The van der Waals surface area contributed by atoms with E-state index in [1.54, 1.807) is 11.8 Å². The van der Waals surface area contributed by atoms with Gasteiger partial charge in [-0.1, -0.05) is 0 Å². The highest BCUT2D eigenvalue weighted by atomic mass is 19.4. The van der Waals surface area contributed by atoms with Gasteiger partial charge in [0.1, 0.15) is 5.82 Å². The van der Waals surface area contributed by atoms with Gasteiger partial charge in [0.15, 0.2) is 5.43 Å². The summed E-state index contributed by atoms with van der Waals surface area (Å²) in [4.78, 5) is 20.2. The number of pyridine rings is 2. The van der Waals surface area contributed by atoms with E-state index >= 15 is 0 Å². The summed E-state index contributed by atoms with van der Waals surface area (Å²) in [6, 6.07) is 3.40. The molecular weight excluding hydrogens is 369 g/mol. The number of nitrogens with zero attached hydrogens (tertiary/aromatic N) is 2. The Balaban J connectivity index is 2.11. The maximum absolute atomic E-state index is 13.7. The van der Waals surface area contributed by atoms with Crippen molar-refractivity contribution in [1.82, 2.24) is 9.97 Å². The first kappa shape index (κ1) is 19.3. The molecule has 0 radical (unpaired) electrons. The largest absolute Gasteiger partial charge is 0.417 e. The standard InChI is InChI=1S/C18H18F5N3O/c1-11-7-13(27)9-15(25-11)14-8-12(18(21,22)23)10-24-16(14)26-5-2-3-17(19,20)4-6-26/h7-10H,2-6H2,1H3,(H,25,27). The third kappa shape index (κ3) is 4.45. The molecule has 27 heavy (non-hydrogen) atoms. The summed E-state index contributed by atoms with van der Waals surface area (Å²) in [5.41, 5.74) is -0.625. The van der Waals surface area contributed by atoms with E-state index in [0.717, 1.165) is 6.07 Å². The van der Waals surface area contributed by atoms with Crippen LogP contribution in [0.5, 0.6) is 0 Å². The Kier molecular flexibility index (Phi) is 4.96. The summed E-state index contributed by atoms with van der Waals surface area (Å²) in [5, 5.41) is 0. The second-order valence-electron chi connectivity index (χ2n) is 6.70. The van der Waals surface area contributed by atoms with Gasteiger partial charge in [-0.05, 0) is 19.4 Å². The van der Waals surface area contributed by atoms with E-state index in [0.29, 0.717) is 11.9 Å². The summed E-state index contributed by atoms with van der Waals surface area (Å²) in [6.07, 6.45) is -4.41. The van der Waals surface area contributed by atoms with Gasteiger partial charge < -0.3 is 9.88 Å². The number of alkyl halides is 5. The first-order valence-corrected chi connectivity index (χ1v) is 8.46. The highest BCUT2D eigenvalue weighted by Gasteiger charge is 2.35. The van der Waals surface area contributed by atoms with Gasteiger partial charge in [0.05, 0.1) is 11.3 Å². The minimum atomic E-state index is -4.61. The van der Waals surface area contributed by atoms with Crippen LogP contribution in [-0.2, 0) is 6.18 Å². The molecule has 2 aromatic heterocycles. The molecule has 9 heteroatoms. The van der Waals surface area contributed by atoms with Gasteiger partial charge >= 0.3 is 6.18 Å². The fourth-order valence-corrected chi connectivity index (χ4v) is 3.17. The molecule has 4 nitrogen and oxygen atoms in total. The zero-order valence-electron chi connectivity index (χ0n) is 14.5. The SMILES string of the molecule is Cc1cc(=O)cc(-c2cc(C(F)(F)F)cnc2N2CCCC(F)(F)CC2)[nH]1. The molecule has 146 valence electrons. The van der Waals surface area contributed by atoms with E-state index in [1.165, 1.54) is 12.1 Å². The Bertz CT molecular complexity index is 891. The number of aromatic nitrogens is 2. The van der Waals surface area contributed by atoms with Crippen LogP contribution in [0, 0.1) is 6.92 Å². The third-order valence-electron chi connectivity index (χ3n) is 4.48. The van der Waals surface area contributed by atoms with Crippen molar-refractivity contribution >= 4 is 5.82 Å². The second kappa shape index (κ2) is 6.94. The number of anilines is 1. The van der Waals surface area contributed by atoms with E-state index < -0.39 is 24.1 Å². The van der Waals surface area contributed by atoms with Crippen LogP contribution in [-0.4, -0.2) is 29.0 Å². The Morgan fingerprint density at radius 1 is 1.15 bits per heavy atom. The van der Waals surface area contributed by atoms with Crippen LogP contribution < -0.4 is 10.3 Å². The average Bonchev–Trinajstić information content (AvgIpc) is 2.73. The zero-order valence-corrected chi connectivity index (χ0v) is 14.5. The fraction of sp³-hybridized carbons (Fsp3) is 0.444. The van der Waals surface area contributed by atoms with Crippen LogP contribution >= 0.6 is 0 Å². The molecule has 0 spiro atoms. The van der Waals surface area contributed by atoms with Gasteiger partial charge in [0, 0.05) is 55.5 Å².